The smallest absolute Gasteiger partial charge is 0.416 e. The highest BCUT2D eigenvalue weighted by atomic mass is 35.5. The number of aliphatic hydroxyl groups is 1. The summed E-state index contributed by atoms with van der Waals surface area (Å²) in [5.41, 5.74) is -0.574. The average Bonchev–Trinajstić information content (AvgIpc) is 2.82. The number of alkyl halides is 3. The minimum absolute atomic E-state index is 0.00202. The third-order valence-electron chi connectivity index (χ3n) is 2.56. The molecule has 1 aromatic carbocycles. The lowest BCUT2D eigenvalue weighted by atomic mass is 10.2. The van der Waals surface area contributed by atoms with Crippen molar-refractivity contribution in [3.8, 4) is 0 Å². The Bertz CT molecular complexity index is 596. The lowest BCUT2D eigenvalue weighted by molar-refractivity contribution is -0.137. The molecule has 0 bridgehead atoms. The van der Waals surface area contributed by atoms with E-state index >= 15 is 0 Å². The van der Waals surface area contributed by atoms with E-state index in [1.165, 1.54) is 6.07 Å². The first-order valence-electron chi connectivity index (χ1n) is 5.68. The van der Waals surface area contributed by atoms with E-state index in [2.05, 4.69) is 5.32 Å². The Labute approximate surface area is 118 Å². The van der Waals surface area contributed by atoms with E-state index in [4.69, 9.17) is 21.1 Å². The van der Waals surface area contributed by atoms with Gasteiger partial charge in [0.25, 0.3) is 0 Å². The summed E-state index contributed by atoms with van der Waals surface area (Å²) >= 11 is 5.67. The second kappa shape index (κ2) is 5.76. The van der Waals surface area contributed by atoms with Gasteiger partial charge in [0.1, 0.15) is 18.1 Å². The molecule has 3 nitrogen and oxygen atoms in total. The maximum atomic E-state index is 12.6. The first-order valence-corrected chi connectivity index (χ1v) is 6.06. The van der Waals surface area contributed by atoms with Crippen LogP contribution in [0, 0.1) is 0 Å². The number of benzene rings is 1. The third-order valence-corrected chi connectivity index (χ3v) is 2.78. The minimum atomic E-state index is -4.45. The summed E-state index contributed by atoms with van der Waals surface area (Å²) in [6.07, 6.45) is -4.45. The van der Waals surface area contributed by atoms with Gasteiger partial charge in [-0.15, -0.1) is 0 Å². The van der Waals surface area contributed by atoms with Crippen molar-refractivity contribution in [3.63, 3.8) is 0 Å². The predicted octanol–water partition coefficient (Wildman–Crippen LogP) is 4.06. The molecule has 0 fully saturated rings. The molecular weight excluding hydrogens is 295 g/mol. The average molecular weight is 306 g/mol. The molecule has 0 aliphatic rings. The fraction of sp³-hybridized carbons (Fsp3) is 0.231. The van der Waals surface area contributed by atoms with Crippen LogP contribution in [-0.4, -0.2) is 5.11 Å². The zero-order valence-corrected chi connectivity index (χ0v) is 10.9. The van der Waals surface area contributed by atoms with Crippen LogP contribution in [0.3, 0.4) is 0 Å². The fourth-order valence-electron chi connectivity index (χ4n) is 1.65. The molecule has 0 saturated heterocycles. The Morgan fingerprint density at radius 3 is 2.45 bits per heavy atom. The highest BCUT2D eigenvalue weighted by molar-refractivity contribution is 6.30. The van der Waals surface area contributed by atoms with Crippen LogP contribution in [0.15, 0.2) is 34.7 Å². The van der Waals surface area contributed by atoms with Crippen LogP contribution in [0.4, 0.5) is 18.9 Å². The van der Waals surface area contributed by atoms with Gasteiger partial charge in [0, 0.05) is 10.7 Å². The van der Waals surface area contributed by atoms with Gasteiger partial charge in [-0.25, -0.2) is 0 Å². The van der Waals surface area contributed by atoms with Crippen molar-refractivity contribution in [3.05, 3.63) is 52.4 Å². The molecule has 2 aromatic rings. The molecule has 0 unspecified atom stereocenters. The number of hydrogen-bond acceptors (Lipinski definition) is 3. The van der Waals surface area contributed by atoms with E-state index in [1.807, 2.05) is 0 Å². The first kappa shape index (κ1) is 14.7. The molecule has 2 rings (SSSR count). The van der Waals surface area contributed by atoms with Gasteiger partial charge in [-0.2, -0.15) is 13.2 Å². The van der Waals surface area contributed by atoms with Crippen molar-refractivity contribution in [2.45, 2.75) is 19.3 Å². The molecule has 1 aromatic heterocycles. The van der Waals surface area contributed by atoms with Gasteiger partial charge in [0.05, 0.1) is 12.1 Å². The molecule has 108 valence electrons. The molecule has 0 amide bonds. The molecule has 1 heterocycles. The van der Waals surface area contributed by atoms with Gasteiger partial charge in [-0.1, -0.05) is 11.6 Å². The molecule has 0 aliphatic heterocycles. The van der Waals surface area contributed by atoms with E-state index in [9.17, 15) is 13.2 Å². The monoisotopic (exact) mass is 305 g/mol. The van der Waals surface area contributed by atoms with E-state index in [0.717, 1.165) is 12.1 Å². The highest BCUT2D eigenvalue weighted by Gasteiger charge is 2.31. The predicted molar refractivity (Wildman–Crippen MR) is 68.4 cm³/mol. The quantitative estimate of drug-likeness (QED) is 0.895. The fourth-order valence-corrected chi connectivity index (χ4v) is 1.88. The highest BCUT2D eigenvalue weighted by Crippen LogP contribution is 2.33. The number of halogens is 4. The van der Waals surface area contributed by atoms with E-state index in [0.29, 0.717) is 11.5 Å². The molecule has 0 spiro atoms. The van der Waals surface area contributed by atoms with Crippen LogP contribution in [0.25, 0.3) is 0 Å². The van der Waals surface area contributed by atoms with Gasteiger partial charge in [-0.05, 0) is 30.3 Å². The van der Waals surface area contributed by atoms with E-state index in [-0.39, 0.29) is 23.9 Å². The summed E-state index contributed by atoms with van der Waals surface area (Å²) in [6.45, 7) is -0.0347. The molecule has 0 atom stereocenters. The van der Waals surface area contributed by atoms with Crippen LogP contribution in [0.1, 0.15) is 17.1 Å². The zero-order chi connectivity index (χ0) is 14.8. The van der Waals surface area contributed by atoms with Gasteiger partial charge < -0.3 is 14.8 Å². The maximum Gasteiger partial charge on any atom is 0.416 e. The second-order valence-corrected chi connectivity index (χ2v) is 4.54. The number of furan rings is 1. The number of aliphatic hydroxyl groups excluding tert-OH is 1. The van der Waals surface area contributed by atoms with Gasteiger partial charge >= 0.3 is 6.18 Å². The Kier molecular flexibility index (Phi) is 4.25. The number of nitrogens with one attached hydrogen (secondary N) is 1. The van der Waals surface area contributed by atoms with Crippen LogP contribution >= 0.6 is 11.6 Å². The van der Waals surface area contributed by atoms with E-state index in [1.54, 1.807) is 12.1 Å². The standard InChI is InChI=1S/C13H11ClF3NO2/c14-9-3-8(13(15,16)17)4-10(5-9)18-6-11-1-2-12(7-19)20-11/h1-5,18-19H,6-7H2. The van der Waals surface area contributed by atoms with Crippen molar-refractivity contribution < 1.29 is 22.7 Å². The Balaban J connectivity index is 2.11. The lowest BCUT2D eigenvalue weighted by Crippen LogP contribution is -2.06. The summed E-state index contributed by atoms with van der Waals surface area (Å²) < 4.78 is 43.1. The minimum Gasteiger partial charge on any atom is -0.462 e. The van der Waals surface area contributed by atoms with Crippen molar-refractivity contribution >= 4 is 17.3 Å². The van der Waals surface area contributed by atoms with Crippen LogP contribution < -0.4 is 5.32 Å². The summed E-state index contributed by atoms with van der Waals surface area (Å²) in [5, 5.41) is 11.6. The Hall–Kier alpha value is -1.66. The molecule has 20 heavy (non-hydrogen) atoms. The summed E-state index contributed by atoms with van der Waals surface area (Å²) in [7, 11) is 0. The number of rotatable bonds is 4. The normalized spacial score (nSPS) is 11.7. The lowest BCUT2D eigenvalue weighted by Gasteiger charge is -2.11. The Morgan fingerprint density at radius 1 is 1.15 bits per heavy atom. The zero-order valence-electron chi connectivity index (χ0n) is 10.2. The van der Waals surface area contributed by atoms with Gasteiger partial charge in [-0.3, -0.25) is 0 Å². The summed E-state index contributed by atoms with van der Waals surface area (Å²) in [5.74, 6) is 0.895. The largest absolute Gasteiger partial charge is 0.462 e. The molecule has 7 heteroatoms. The molecule has 0 radical (unpaired) electrons. The van der Waals surface area contributed by atoms with E-state index < -0.39 is 11.7 Å². The maximum absolute atomic E-state index is 12.6. The van der Waals surface area contributed by atoms with Crippen LogP contribution in [-0.2, 0) is 19.3 Å². The molecule has 0 aliphatic carbocycles. The van der Waals surface area contributed by atoms with Gasteiger partial charge in [0.15, 0.2) is 0 Å². The van der Waals surface area contributed by atoms with Crippen LogP contribution in [0.2, 0.25) is 5.02 Å². The van der Waals surface area contributed by atoms with Crippen molar-refractivity contribution in [1.29, 1.82) is 0 Å². The molecule has 2 N–H and O–H groups in total. The first-order chi connectivity index (χ1) is 9.38. The Morgan fingerprint density at radius 2 is 1.85 bits per heavy atom. The second-order valence-electron chi connectivity index (χ2n) is 4.11. The van der Waals surface area contributed by atoms with Crippen molar-refractivity contribution in [2.24, 2.45) is 0 Å². The van der Waals surface area contributed by atoms with Crippen molar-refractivity contribution in [2.75, 3.05) is 5.32 Å². The van der Waals surface area contributed by atoms with Gasteiger partial charge in [0.2, 0.25) is 0 Å². The molecular formula is C13H11ClF3NO2. The SMILES string of the molecule is OCc1ccc(CNc2cc(Cl)cc(C(F)(F)F)c2)o1. The third kappa shape index (κ3) is 3.68. The van der Waals surface area contributed by atoms with Crippen molar-refractivity contribution in [1.82, 2.24) is 0 Å². The number of anilines is 1. The van der Waals surface area contributed by atoms with Crippen LogP contribution in [0.5, 0.6) is 0 Å². The number of hydrogen-bond donors (Lipinski definition) is 2. The topological polar surface area (TPSA) is 45.4 Å². The molecule has 0 saturated carbocycles. The summed E-state index contributed by atoms with van der Waals surface area (Å²) in [6, 6.07) is 6.46. The summed E-state index contributed by atoms with van der Waals surface area (Å²) in [4.78, 5) is 0.